The smallest absolute Gasteiger partial charge is 0.145 e. The van der Waals surface area contributed by atoms with Gasteiger partial charge in [-0.1, -0.05) is 23.7 Å². The predicted molar refractivity (Wildman–Crippen MR) is 111 cm³/mol. The molecule has 1 aromatic carbocycles. The van der Waals surface area contributed by atoms with Crippen LogP contribution in [0.5, 0.6) is 0 Å². The van der Waals surface area contributed by atoms with E-state index in [1.165, 1.54) is 18.3 Å². The molecule has 0 spiro atoms. The van der Waals surface area contributed by atoms with Crippen LogP contribution in [0, 0.1) is 0 Å². The van der Waals surface area contributed by atoms with Gasteiger partial charge in [0.25, 0.3) is 0 Å². The third-order valence-electron chi connectivity index (χ3n) is 5.18. The number of halogens is 1. The summed E-state index contributed by atoms with van der Waals surface area (Å²) in [4.78, 5) is 5.34. The van der Waals surface area contributed by atoms with Crippen molar-refractivity contribution in [2.75, 3.05) is 0 Å². The van der Waals surface area contributed by atoms with Crippen LogP contribution in [0.1, 0.15) is 29.2 Å². The number of aromatic nitrogens is 1. The number of nitrogens with zero attached hydrogens (tertiary/aromatic N) is 1. The monoisotopic (exact) mass is 451 g/mol. The summed E-state index contributed by atoms with van der Waals surface area (Å²) in [6.45, 7) is 1.46. The van der Waals surface area contributed by atoms with Gasteiger partial charge in [-0.25, -0.2) is 4.98 Å². The van der Waals surface area contributed by atoms with Crippen LogP contribution in [0.2, 0.25) is 5.02 Å². The highest BCUT2D eigenvalue weighted by molar-refractivity contribution is 7.15. The second kappa shape index (κ2) is 8.76. The van der Waals surface area contributed by atoms with Crippen LogP contribution >= 0.6 is 22.9 Å². The molecule has 4 N–H and O–H groups in total. The van der Waals surface area contributed by atoms with E-state index in [9.17, 15) is 20.4 Å². The fourth-order valence-electron chi connectivity index (χ4n) is 3.58. The number of thiazole rings is 1. The second-order valence-corrected chi connectivity index (χ2v) is 8.88. The summed E-state index contributed by atoms with van der Waals surface area (Å²) in [7, 11) is 0. The van der Waals surface area contributed by atoms with E-state index in [0.29, 0.717) is 17.0 Å². The lowest BCUT2D eigenvalue weighted by Gasteiger charge is -2.42. The molecule has 0 radical (unpaired) electrons. The van der Waals surface area contributed by atoms with Crippen LogP contribution in [-0.2, 0) is 11.2 Å². The van der Waals surface area contributed by atoms with E-state index in [4.69, 9.17) is 20.8 Å². The largest absolute Gasteiger partial charge is 0.463 e. The third-order valence-corrected chi connectivity index (χ3v) is 6.56. The molecule has 0 saturated carbocycles. The lowest BCUT2D eigenvalue weighted by molar-refractivity contribution is -0.243. The molecule has 1 aliphatic rings. The quantitative estimate of drug-likeness (QED) is 0.471. The number of aliphatic hydroxyl groups excluding tert-OH is 4. The van der Waals surface area contributed by atoms with E-state index in [1.807, 2.05) is 12.1 Å². The Kier molecular flexibility index (Phi) is 6.26. The van der Waals surface area contributed by atoms with Gasteiger partial charge >= 0.3 is 0 Å². The molecule has 3 heterocycles. The Morgan fingerprint density at radius 2 is 1.97 bits per heavy atom. The van der Waals surface area contributed by atoms with E-state index < -0.39 is 36.6 Å². The highest BCUT2D eigenvalue weighted by Gasteiger charge is 2.45. The van der Waals surface area contributed by atoms with Crippen molar-refractivity contribution >= 4 is 22.9 Å². The highest BCUT2D eigenvalue weighted by atomic mass is 35.5. The normalized spacial score (nSPS) is 27.9. The van der Waals surface area contributed by atoms with Crippen LogP contribution in [0.4, 0.5) is 0 Å². The predicted octanol–water partition coefficient (Wildman–Crippen LogP) is 2.55. The van der Waals surface area contributed by atoms with E-state index in [2.05, 4.69) is 4.98 Å². The molecule has 9 heteroatoms. The molecule has 0 aliphatic carbocycles. The minimum Gasteiger partial charge on any atom is -0.463 e. The van der Waals surface area contributed by atoms with Crippen molar-refractivity contribution in [3.8, 4) is 10.6 Å². The standard InChI is InChI=1S/C21H22ClNO6S/c1-10(24)20-18(26)17(25)19(27)21(29-20)11-4-5-13(22)12(7-11)8-16-23-9-15(30-16)14-3-2-6-28-14/h2-7,9-10,17-21,24-27H,8H2,1H3/t10?,17-,18-,19+,20+,21-/m0/s1. The summed E-state index contributed by atoms with van der Waals surface area (Å²) < 4.78 is 11.1. The molecular weight excluding hydrogens is 430 g/mol. The number of benzene rings is 1. The van der Waals surface area contributed by atoms with Gasteiger partial charge in [0.05, 0.1) is 22.3 Å². The number of ether oxygens (including phenoxy) is 1. The van der Waals surface area contributed by atoms with Crippen LogP contribution in [0.15, 0.2) is 47.2 Å². The molecule has 7 nitrogen and oxygen atoms in total. The van der Waals surface area contributed by atoms with Gasteiger partial charge in [-0.15, -0.1) is 11.3 Å². The first kappa shape index (κ1) is 21.5. The average Bonchev–Trinajstić information content (AvgIpc) is 3.40. The molecule has 3 aromatic rings. The molecule has 30 heavy (non-hydrogen) atoms. The summed E-state index contributed by atoms with van der Waals surface area (Å²) >= 11 is 7.88. The topological polar surface area (TPSA) is 116 Å². The second-order valence-electron chi connectivity index (χ2n) is 7.36. The maximum atomic E-state index is 10.4. The highest BCUT2D eigenvalue weighted by Crippen LogP contribution is 2.36. The SMILES string of the molecule is CC(O)[C@H]1O[C@@H](c2ccc(Cl)c(Cc3ncc(-c4ccco4)s3)c2)[C@H](O)[C@@H](O)[C@@H]1O. The Morgan fingerprint density at radius 1 is 1.17 bits per heavy atom. The Labute approximate surface area is 182 Å². The van der Waals surface area contributed by atoms with E-state index in [-0.39, 0.29) is 0 Å². The van der Waals surface area contributed by atoms with Crippen molar-refractivity contribution in [3.63, 3.8) is 0 Å². The molecule has 160 valence electrons. The summed E-state index contributed by atoms with van der Waals surface area (Å²) in [6, 6.07) is 8.85. The zero-order valence-electron chi connectivity index (χ0n) is 16.1. The molecule has 2 aromatic heterocycles. The summed E-state index contributed by atoms with van der Waals surface area (Å²) in [5, 5.41) is 42.0. The van der Waals surface area contributed by atoms with Crippen LogP contribution < -0.4 is 0 Å². The van der Waals surface area contributed by atoms with Crippen molar-refractivity contribution in [2.45, 2.75) is 50.0 Å². The first-order valence-electron chi connectivity index (χ1n) is 9.49. The van der Waals surface area contributed by atoms with Crippen LogP contribution in [0.3, 0.4) is 0 Å². The van der Waals surface area contributed by atoms with Crippen LogP contribution in [0.25, 0.3) is 10.6 Å². The van der Waals surface area contributed by atoms with Gasteiger partial charge in [-0.3, -0.25) is 0 Å². The van der Waals surface area contributed by atoms with Gasteiger partial charge in [0.15, 0.2) is 0 Å². The van der Waals surface area contributed by atoms with Crippen molar-refractivity contribution in [2.24, 2.45) is 0 Å². The van der Waals surface area contributed by atoms with E-state index in [1.54, 1.807) is 30.7 Å². The molecule has 0 amide bonds. The molecular formula is C21H22ClNO6S. The molecule has 4 rings (SSSR count). The van der Waals surface area contributed by atoms with Crippen LogP contribution in [-0.4, -0.2) is 55.9 Å². The fourth-order valence-corrected chi connectivity index (χ4v) is 4.67. The number of aliphatic hydroxyl groups is 4. The van der Waals surface area contributed by atoms with Crippen molar-refractivity contribution < 1.29 is 29.6 Å². The number of hydrogen-bond donors (Lipinski definition) is 4. The van der Waals surface area contributed by atoms with Crippen molar-refractivity contribution in [1.29, 1.82) is 0 Å². The minimum absolute atomic E-state index is 0.464. The maximum Gasteiger partial charge on any atom is 0.145 e. The van der Waals surface area contributed by atoms with Gasteiger partial charge < -0.3 is 29.6 Å². The lowest BCUT2D eigenvalue weighted by atomic mass is 9.89. The number of hydrogen-bond acceptors (Lipinski definition) is 8. The lowest BCUT2D eigenvalue weighted by Crippen LogP contribution is -2.57. The van der Waals surface area contributed by atoms with E-state index in [0.717, 1.165) is 21.2 Å². The third kappa shape index (κ3) is 4.17. The van der Waals surface area contributed by atoms with Gasteiger partial charge in [0, 0.05) is 17.6 Å². The Bertz CT molecular complexity index is 991. The molecule has 1 aliphatic heterocycles. The Hall–Kier alpha value is -1.78. The average molecular weight is 452 g/mol. The van der Waals surface area contributed by atoms with Crippen molar-refractivity contribution in [1.82, 2.24) is 4.98 Å². The molecule has 6 atom stereocenters. The summed E-state index contributed by atoms with van der Waals surface area (Å²) in [6.07, 6.45) is -3.34. The molecule has 1 fully saturated rings. The zero-order valence-corrected chi connectivity index (χ0v) is 17.6. The first-order valence-corrected chi connectivity index (χ1v) is 10.7. The van der Waals surface area contributed by atoms with E-state index >= 15 is 0 Å². The molecule has 1 saturated heterocycles. The molecule has 1 unspecified atom stereocenters. The maximum absolute atomic E-state index is 10.4. The fraction of sp³-hybridized carbons (Fsp3) is 0.381. The minimum atomic E-state index is -1.45. The summed E-state index contributed by atoms with van der Waals surface area (Å²) in [5.41, 5.74) is 1.36. The summed E-state index contributed by atoms with van der Waals surface area (Å²) in [5.74, 6) is 0.744. The molecule has 0 bridgehead atoms. The number of rotatable bonds is 5. The number of furan rings is 1. The van der Waals surface area contributed by atoms with Gasteiger partial charge in [0.2, 0.25) is 0 Å². The van der Waals surface area contributed by atoms with Gasteiger partial charge in [-0.2, -0.15) is 0 Å². The Morgan fingerprint density at radius 3 is 2.67 bits per heavy atom. The first-order chi connectivity index (χ1) is 14.3. The Balaban J connectivity index is 1.58. The van der Waals surface area contributed by atoms with Gasteiger partial charge in [0.1, 0.15) is 36.3 Å². The van der Waals surface area contributed by atoms with Gasteiger partial charge in [-0.05, 0) is 36.2 Å². The zero-order chi connectivity index (χ0) is 21.4. The van der Waals surface area contributed by atoms with Crippen molar-refractivity contribution in [3.05, 3.63) is 63.9 Å².